The Morgan fingerprint density at radius 2 is 2.05 bits per heavy atom. The summed E-state index contributed by atoms with van der Waals surface area (Å²) in [5, 5.41) is 19.6. The molecule has 20 heavy (non-hydrogen) atoms. The molecule has 2 aliphatic rings. The minimum absolute atomic E-state index is 0.349. The van der Waals surface area contributed by atoms with E-state index >= 15 is 0 Å². The fourth-order valence-electron chi connectivity index (χ4n) is 3.50. The summed E-state index contributed by atoms with van der Waals surface area (Å²) >= 11 is 0. The van der Waals surface area contributed by atoms with Crippen LogP contribution in [-0.2, 0) is 6.54 Å². The van der Waals surface area contributed by atoms with Gasteiger partial charge in [-0.25, -0.2) is 0 Å². The summed E-state index contributed by atoms with van der Waals surface area (Å²) in [6.07, 6.45) is 3.31. The molecule has 3 nitrogen and oxygen atoms in total. The quantitative estimate of drug-likeness (QED) is 0.918. The van der Waals surface area contributed by atoms with E-state index in [1.54, 1.807) is 0 Å². The summed E-state index contributed by atoms with van der Waals surface area (Å²) in [5.41, 5.74) is 1.54. The number of hydrogen-bond donors (Lipinski definition) is 1. The second-order valence-electron chi connectivity index (χ2n) is 6.46. The van der Waals surface area contributed by atoms with Crippen molar-refractivity contribution in [3.8, 4) is 6.07 Å². The van der Waals surface area contributed by atoms with Gasteiger partial charge < -0.3 is 5.11 Å². The Morgan fingerprint density at radius 1 is 1.35 bits per heavy atom. The largest absolute Gasteiger partial charge is 0.389 e. The van der Waals surface area contributed by atoms with Crippen molar-refractivity contribution < 1.29 is 5.11 Å². The van der Waals surface area contributed by atoms with E-state index in [0.29, 0.717) is 17.4 Å². The number of nitriles is 1. The van der Waals surface area contributed by atoms with E-state index in [1.807, 2.05) is 24.3 Å². The maximum absolute atomic E-state index is 10.8. The Kier molecular flexibility index (Phi) is 3.54. The molecule has 1 aliphatic heterocycles. The summed E-state index contributed by atoms with van der Waals surface area (Å²) in [6, 6.07) is 9.97. The highest BCUT2D eigenvalue weighted by Gasteiger charge is 2.49. The predicted molar refractivity (Wildman–Crippen MR) is 77.9 cm³/mol. The zero-order valence-corrected chi connectivity index (χ0v) is 12.0. The lowest BCUT2D eigenvalue weighted by molar-refractivity contribution is -0.0832. The van der Waals surface area contributed by atoms with Gasteiger partial charge >= 0.3 is 0 Å². The smallest absolute Gasteiger partial charge is 0.0991 e. The van der Waals surface area contributed by atoms with Crippen LogP contribution in [0.15, 0.2) is 24.3 Å². The second kappa shape index (κ2) is 5.20. The van der Waals surface area contributed by atoms with Gasteiger partial charge in [0.05, 0.1) is 17.2 Å². The third-order valence-corrected chi connectivity index (χ3v) is 4.99. The molecule has 2 fully saturated rings. The van der Waals surface area contributed by atoms with Crippen molar-refractivity contribution in [2.24, 2.45) is 11.8 Å². The van der Waals surface area contributed by atoms with Gasteiger partial charge in [-0.3, -0.25) is 4.90 Å². The normalized spacial score (nSPS) is 30.9. The Morgan fingerprint density at radius 3 is 2.60 bits per heavy atom. The standard InChI is InChI=1S/C17H22N2O/c1-13-11-19(9-8-17(13,20)16-6-7-16)12-15-4-2-14(10-18)3-5-15/h2-5,13,16,20H,6-9,11-12H2,1H3/t13-,17+/m1/s1. The Labute approximate surface area is 120 Å². The van der Waals surface area contributed by atoms with Crippen molar-refractivity contribution >= 4 is 0 Å². The number of rotatable bonds is 3. The first-order chi connectivity index (χ1) is 9.61. The number of likely N-dealkylation sites (tertiary alicyclic amines) is 1. The molecule has 3 rings (SSSR count). The van der Waals surface area contributed by atoms with Crippen molar-refractivity contribution in [2.75, 3.05) is 13.1 Å². The molecule has 0 spiro atoms. The van der Waals surface area contributed by atoms with Gasteiger partial charge in [0.15, 0.2) is 0 Å². The molecule has 0 unspecified atom stereocenters. The summed E-state index contributed by atoms with van der Waals surface area (Å²) in [7, 11) is 0. The molecule has 1 heterocycles. The lowest BCUT2D eigenvalue weighted by Gasteiger charge is -2.43. The van der Waals surface area contributed by atoms with Crippen LogP contribution in [0.5, 0.6) is 0 Å². The molecule has 1 saturated carbocycles. The van der Waals surface area contributed by atoms with Crippen LogP contribution in [0.1, 0.15) is 37.3 Å². The summed E-state index contributed by atoms with van der Waals surface area (Å²) < 4.78 is 0. The average Bonchev–Trinajstić information content (AvgIpc) is 3.29. The maximum Gasteiger partial charge on any atom is 0.0991 e. The van der Waals surface area contributed by atoms with E-state index in [9.17, 15) is 5.11 Å². The molecule has 106 valence electrons. The zero-order valence-electron chi connectivity index (χ0n) is 12.0. The van der Waals surface area contributed by atoms with Gasteiger partial charge in [-0.2, -0.15) is 5.26 Å². The van der Waals surface area contributed by atoms with Gasteiger partial charge in [-0.15, -0.1) is 0 Å². The maximum atomic E-state index is 10.8. The molecule has 0 aromatic heterocycles. The summed E-state index contributed by atoms with van der Waals surface area (Å²) in [5.74, 6) is 0.900. The lowest BCUT2D eigenvalue weighted by Crippen LogP contribution is -2.51. The second-order valence-corrected chi connectivity index (χ2v) is 6.46. The summed E-state index contributed by atoms with van der Waals surface area (Å²) in [6.45, 7) is 5.03. The molecule has 0 amide bonds. The van der Waals surface area contributed by atoms with Gasteiger partial charge in [0.2, 0.25) is 0 Å². The van der Waals surface area contributed by atoms with Crippen molar-refractivity contribution in [3.63, 3.8) is 0 Å². The first kappa shape index (κ1) is 13.6. The van der Waals surface area contributed by atoms with E-state index in [0.717, 1.165) is 26.1 Å². The van der Waals surface area contributed by atoms with Crippen molar-refractivity contribution in [3.05, 3.63) is 35.4 Å². The Balaban J connectivity index is 1.61. The average molecular weight is 270 g/mol. The van der Waals surface area contributed by atoms with E-state index in [-0.39, 0.29) is 0 Å². The molecule has 1 aromatic carbocycles. The fraction of sp³-hybridized carbons (Fsp3) is 0.588. The SMILES string of the molecule is C[C@@H]1CN(Cc2ccc(C#N)cc2)CC[C@@]1(O)C1CC1. The van der Waals surface area contributed by atoms with Gasteiger partial charge in [-0.05, 0) is 48.8 Å². The number of nitrogens with zero attached hydrogens (tertiary/aromatic N) is 2. The van der Waals surface area contributed by atoms with Crippen LogP contribution in [0, 0.1) is 23.2 Å². The lowest BCUT2D eigenvalue weighted by atomic mass is 9.78. The molecular formula is C17H22N2O. The monoisotopic (exact) mass is 270 g/mol. The molecule has 0 bridgehead atoms. The van der Waals surface area contributed by atoms with Crippen LogP contribution < -0.4 is 0 Å². The minimum atomic E-state index is -0.416. The number of hydrogen-bond acceptors (Lipinski definition) is 3. The van der Waals surface area contributed by atoms with E-state index in [2.05, 4.69) is 17.9 Å². The third kappa shape index (κ3) is 2.59. The molecule has 0 radical (unpaired) electrons. The van der Waals surface area contributed by atoms with E-state index in [1.165, 1.54) is 18.4 Å². The van der Waals surface area contributed by atoms with Crippen LogP contribution in [0.3, 0.4) is 0 Å². The van der Waals surface area contributed by atoms with Crippen LogP contribution in [-0.4, -0.2) is 28.7 Å². The highest BCUT2D eigenvalue weighted by molar-refractivity contribution is 5.31. The highest BCUT2D eigenvalue weighted by Crippen LogP contribution is 2.47. The molecule has 2 atom stereocenters. The molecule has 1 aromatic rings. The van der Waals surface area contributed by atoms with Crippen LogP contribution in [0.4, 0.5) is 0 Å². The van der Waals surface area contributed by atoms with Crippen molar-refractivity contribution in [1.29, 1.82) is 5.26 Å². The molecule has 1 saturated heterocycles. The number of benzene rings is 1. The Hall–Kier alpha value is -1.37. The predicted octanol–water partition coefficient (Wildman–Crippen LogP) is 2.54. The van der Waals surface area contributed by atoms with E-state index < -0.39 is 5.60 Å². The van der Waals surface area contributed by atoms with Crippen LogP contribution in [0.2, 0.25) is 0 Å². The highest BCUT2D eigenvalue weighted by atomic mass is 16.3. The van der Waals surface area contributed by atoms with Crippen LogP contribution in [0.25, 0.3) is 0 Å². The third-order valence-electron chi connectivity index (χ3n) is 4.99. The van der Waals surface area contributed by atoms with Crippen molar-refractivity contribution in [2.45, 2.75) is 38.3 Å². The molecule has 1 N–H and O–H groups in total. The topological polar surface area (TPSA) is 47.3 Å². The van der Waals surface area contributed by atoms with Gasteiger partial charge in [0, 0.05) is 19.6 Å². The van der Waals surface area contributed by atoms with Crippen molar-refractivity contribution in [1.82, 2.24) is 4.90 Å². The van der Waals surface area contributed by atoms with Gasteiger partial charge in [0.25, 0.3) is 0 Å². The van der Waals surface area contributed by atoms with Gasteiger partial charge in [0.1, 0.15) is 0 Å². The number of aliphatic hydroxyl groups is 1. The summed E-state index contributed by atoms with van der Waals surface area (Å²) in [4.78, 5) is 2.42. The first-order valence-electron chi connectivity index (χ1n) is 7.55. The number of piperidine rings is 1. The molecular weight excluding hydrogens is 248 g/mol. The molecule has 3 heteroatoms. The Bertz CT molecular complexity index is 515. The van der Waals surface area contributed by atoms with Crippen LogP contribution >= 0.6 is 0 Å². The zero-order chi connectivity index (χ0) is 14.2. The van der Waals surface area contributed by atoms with Gasteiger partial charge in [-0.1, -0.05) is 19.1 Å². The molecule has 1 aliphatic carbocycles. The van der Waals surface area contributed by atoms with E-state index in [4.69, 9.17) is 5.26 Å². The fourth-order valence-corrected chi connectivity index (χ4v) is 3.50. The minimum Gasteiger partial charge on any atom is -0.389 e. The first-order valence-corrected chi connectivity index (χ1v) is 7.55.